The van der Waals surface area contributed by atoms with Crippen LogP contribution in [0, 0.1) is 5.92 Å². The quantitative estimate of drug-likeness (QED) is 0.558. The number of nitrogens with zero attached hydrogens (tertiary/aromatic N) is 2. The zero-order chi connectivity index (χ0) is 20.2. The second-order valence-electron chi connectivity index (χ2n) is 7.72. The molecule has 0 unspecified atom stereocenters. The molecule has 2 aromatic rings. The summed E-state index contributed by atoms with van der Waals surface area (Å²) >= 11 is 0. The van der Waals surface area contributed by atoms with Crippen LogP contribution in [0.4, 0.5) is 0 Å². The highest BCUT2D eigenvalue weighted by atomic mass is 16.2. The van der Waals surface area contributed by atoms with Gasteiger partial charge in [0.2, 0.25) is 0 Å². The fraction of sp³-hybridized carbons (Fsp3) is 0.280. The predicted molar refractivity (Wildman–Crippen MR) is 115 cm³/mol. The average Bonchev–Trinajstić information content (AvgIpc) is 3.01. The van der Waals surface area contributed by atoms with Gasteiger partial charge in [0.1, 0.15) is 5.70 Å². The molecule has 0 saturated carbocycles. The van der Waals surface area contributed by atoms with E-state index >= 15 is 0 Å². The highest BCUT2D eigenvalue weighted by Crippen LogP contribution is 2.34. The molecule has 29 heavy (non-hydrogen) atoms. The molecule has 0 spiro atoms. The van der Waals surface area contributed by atoms with E-state index in [1.54, 1.807) is 6.08 Å². The molecule has 2 heterocycles. The number of amides is 2. The smallest absolute Gasteiger partial charge is 0.278 e. The van der Waals surface area contributed by atoms with Gasteiger partial charge >= 0.3 is 0 Å². The van der Waals surface area contributed by atoms with E-state index in [1.165, 1.54) is 10.5 Å². The van der Waals surface area contributed by atoms with Crippen LogP contribution in [0.2, 0.25) is 0 Å². The zero-order valence-corrected chi connectivity index (χ0v) is 16.6. The van der Waals surface area contributed by atoms with Crippen LogP contribution in [-0.2, 0) is 16.0 Å². The maximum atomic E-state index is 13.1. The summed E-state index contributed by atoms with van der Waals surface area (Å²) in [6.45, 7) is 5.53. The first kappa shape index (κ1) is 19.2. The first-order valence-corrected chi connectivity index (χ1v) is 10.2. The monoisotopic (exact) mass is 386 g/mol. The molecule has 4 heteroatoms. The summed E-state index contributed by atoms with van der Waals surface area (Å²) in [4.78, 5) is 29.6. The predicted octanol–water partition coefficient (Wildman–Crippen LogP) is 3.91. The van der Waals surface area contributed by atoms with Gasteiger partial charge in [0.15, 0.2) is 0 Å². The van der Waals surface area contributed by atoms with Crippen LogP contribution in [0.5, 0.6) is 0 Å². The van der Waals surface area contributed by atoms with Crippen molar-refractivity contribution in [2.24, 2.45) is 5.92 Å². The molecular formula is C25H26N2O2. The van der Waals surface area contributed by atoms with E-state index in [4.69, 9.17) is 0 Å². The third kappa shape index (κ3) is 3.88. The number of hydrogen-bond donors (Lipinski definition) is 0. The van der Waals surface area contributed by atoms with Crippen molar-refractivity contribution in [2.75, 3.05) is 19.6 Å². The third-order valence-corrected chi connectivity index (χ3v) is 5.82. The number of carbonyl (C=O) groups is 2. The van der Waals surface area contributed by atoms with Crippen molar-refractivity contribution in [3.63, 3.8) is 0 Å². The van der Waals surface area contributed by atoms with E-state index < -0.39 is 0 Å². The van der Waals surface area contributed by atoms with Crippen LogP contribution in [0.25, 0.3) is 5.57 Å². The topological polar surface area (TPSA) is 40.6 Å². The lowest BCUT2D eigenvalue weighted by Crippen LogP contribution is -2.39. The molecule has 4 nitrogen and oxygen atoms in total. The summed E-state index contributed by atoms with van der Waals surface area (Å²) in [5, 5.41) is 0. The summed E-state index contributed by atoms with van der Waals surface area (Å²) in [5.74, 6) is 0.184. The molecule has 148 valence electrons. The summed E-state index contributed by atoms with van der Waals surface area (Å²) < 4.78 is 0. The molecule has 2 aliphatic rings. The van der Waals surface area contributed by atoms with Gasteiger partial charge < -0.3 is 4.90 Å². The number of likely N-dealkylation sites (tertiary alicyclic amines) is 1. The number of imide groups is 1. The van der Waals surface area contributed by atoms with Crippen molar-refractivity contribution in [1.82, 2.24) is 9.80 Å². The van der Waals surface area contributed by atoms with Crippen molar-refractivity contribution in [1.29, 1.82) is 0 Å². The van der Waals surface area contributed by atoms with Crippen molar-refractivity contribution >= 4 is 17.4 Å². The van der Waals surface area contributed by atoms with Gasteiger partial charge in [0.25, 0.3) is 11.8 Å². The summed E-state index contributed by atoms with van der Waals surface area (Å²) in [7, 11) is 0. The molecule has 0 bridgehead atoms. The fourth-order valence-electron chi connectivity index (χ4n) is 4.32. The lowest BCUT2D eigenvalue weighted by Gasteiger charge is -2.34. The third-order valence-electron chi connectivity index (χ3n) is 5.82. The Bertz CT molecular complexity index is 926. The lowest BCUT2D eigenvalue weighted by atomic mass is 9.89. The first-order chi connectivity index (χ1) is 14.2. The number of rotatable bonds is 6. The van der Waals surface area contributed by atoms with Gasteiger partial charge in [-0.3, -0.25) is 14.5 Å². The van der Waals surface area contributed by atoms with E-state index in [-0.39, 0.29) is 18.4 Å². The van der Waals surface area contributed by atoms with Gasteiger partial charge in [-0.2, -0.15) is 0 Å². The van der Waals surface area contributed by atoms with E-state index in [9.17, 15) is 9.59 Å². The highest BCUT2D eigenvalue weighted by Gasteiger charge is 2.41. The number of benzene rings is 2. The Morgan fingerprint density at radius 3 is 2.14 bits per heavy atom. The average molecular weight is 386 g/mol. The fourth-order valence-corrected chi connectivity index (χ4v) is 4.32. The van der Waals surface area contributed by atoms with Gasteiger partial charge in [-0.15, -0.1) is 6.58 Å². The van der Waals surface area contributed by atoms with Crippen LogP contribution < -0.4 is 0 Å². The summed E-state index contributed by atoms with van der Waals surface area (Å²) in [6, 6.07) is 20.1. The van der Waals surface area contributed by atoms with Gasteiger partial charge in [-0.05, 0) is 36.3 Å². The number of carbonyl (C=O) groups excluding carboxylic acids is 2. The second kappa shape index (κ2) is 8.48. The Kier molecular flexibility index (Phi) is 5.61. The normalized spacial score (nSPS) is 17.9. The molecule has 0 atom stereocenters. The van der Waals surface area contributed by atoms with Gasteiger partial charge in [0, 0.05) is 19.6 Å². The van der Waals surface area contributed by atoms with Crippen LogP contribution in [0.15, 0.2) is 79.0 Å². The molecule has 0 aromatic heterocycles. The van der Waals surface area contributed by atoms with Crippen LogP contribution in [0.3, 0.4) is 0 Å². The number of hydrogen-bond acceptors (Lipinski definition) is 3. The zero-order valence-electron chi connectivity index (χ0n) is 16.6. The number of piperidine rings is 1. The van der Waals surface area contributed by atoms with Crippen LogP contribution >= 0.6 is 0 Å². The SMILES string of the molecule is C=CCN1C(=O)C(c2ccccc2)=C(N2CCC(Cc3ccccc3)CC2)C1=O. The van der Waals surface area contributed by atoms with Gasteiger partial charge in [0.05, 0.1) is 5.57 Å². The molecule has 2 aromatic carbocycles. The Hall–Kier alpha value is -3.14. The van der Waals surface area contributed by atoms with Crippen molar-refractivity contribution in [2.45, 2.75) is 19.3 Å². The minimum atomic E-state index is -0.220. The molecule has 2 aliphatic heterocycles. The Morgan fingerprint density at radius 1 is 0.897 bits per heavy atom. The van der Waals surface area contributed by atoms with Crippen molar-refractivity contribution < 1.29 is 9.59 Å². The van der Waals surface area contributed by atoms with Crippen molar-refractivity contribution in [3.05, 3.63) is 90.1 Å². The maximum Gasteiger partial charge on any atom is 0.278 e. The Morgan fingerprint density at radius 2 is 1.52 bits per heavy atom. The van der Waals surface area contributed by atoms with Crippen LogP contribution in [0.1, 0.15) is 24.0 Å². The maximum absolute atomic E-state index is 13.1. The molecule has 4 rings (SSSR count). The molecular weight excluding hydrogens is 360 g/mol. The van der Waals surface area contributed by atoms with Gasteiger partial charge in [-0.25, -0.2) is 0 Å². The molecule has 1 fully saturated rings. The minimum Gasteiger partial charge on any atom is -0.366 e. The Balaban J connectivity index is 1.56. The summed E-state index contributed by atoms with van der Waals surface area (Å²) in [6.07, 6.45) is 4.70. The first-order valence-electron chi connectivity index (χ1n) is 10.2. The molecule has 0 radical (unpaired) electrons. The molecule has 0 aliphatic carbocycles. The van der Waals surface area contributed by atoms with E-state index in [0.717, 1.165) is 37.9 Å². The highest BCUT2D eigenvalue weighted by molar-refractivity contribution is 6.35. The molecule has 0 N–H and O–H groups in total. The second-order valence-corrected chi connectivity index (χ2v) is 7.72. The lowest BCUT2D eigenvalue weighted by molar-refractivity contribution is -0.137. The molecule has 2 amide bonds. The summed E-state index contributed by atoms with van der Waals surface area (Å²) in [5.41, 5.74) is 3.25. The molecule has 1 saturated heterocycles. The minimum absolute atomic E-state index is 0.199. The standard InChI is InChI=1S/C25H26N2O2/c1-2-15-27-24(28)22(21-11-7-4-8-12-21)23(25(27)29)26-16-13-20(14-17-26)18-19-9-5-3-6-10-19/h2-12,20H,1,13-18H2. The Labute approximate surface area is 172 Å². The van der Waals surface area contributed by atoms with E-state index in [2.05, 4.69) is 35.7 Å². The largest absolute Gasteiger partial charge is 0.366 e. The van der Waals surface area contributed by atoms with Crippen LogP contribution in [-0.4, -0.2) is 41.2 Å². The van der Waals surface area contributed by atoms with Gasteiger partial charge in [-0.1, -0.05) is 66.7 Å². The van der Waals surface area contributed by atoms with E-state index in [0.29, 0.717) is 17.2 Å². The van der Waals surface area contributed by atoms with E-state index in [1.807, 2.05) is 36.4 Å². The van der Waals surface area contributed by atoms with Crippen molar-refractivity contribution in [3.8, 4) is 0 Å².